The van der Waals surface area contributed by atoms with Crippen molar-refractivity contribution in [1.29, 1.82) is 0 Å². The summed E-state index contributed by atoms with van der Waals surface area (Å²) in [6.45, 7) is 3.16. The van der Waals surface area contributed by atoms with Crippen molar-refractivity contribution < 1.29 is 19.1 Å². The summed E-state index contributed by atoms with van der Waals surface area (Å²) in [7, 11) is 0. The summed E-state index contributed by atoms with van der Waals surface area (Å²) in [6.07, 6.45) is 10.6. The van der Waals surface area contributed by atoms with E-state index in [4.69, 9.17) is 9.47 Å². The molecule has 2 aromatic heterocycles. The first kappa shape index (κ1) is 28.5. The second-order valence-corrected chi connectivity index (χ2v) is 11.3. The van der Waals surface area contributed by atoms with E-state index in [1.165, 1.54) is 16.7 Å². The predicted molar refractivity (Wildman–Crippen MR) is 161 cm³/mol. The van der Waals surface area contributed by atoms with Crippen molar-refractivity contribution in [2.45, 2.75) is 69.7 Å². The van der Waals surface area contributed by atoms with Gasteiger partial charge in [0.2, 0.25) is 0 Å². The van der Waals surface area contributed by atoms with Gasteiger partial charge in [0.1, 0.15) is 5.82 Å². The van der Waals surface area contributed by atoms with Crippen LogP contribution in [0.2, 0.25) is 0 Å². The van der Waals surface area contributed by atoms with Gasteiger partial charge < -0.3 is 29.2 Å². The quantitative estimate of drug-likeness (QED) is 0.215. The zero-order valence-corrected chi connectivity index (χ0v) is 24.4. The molecule has 0 fully saturated rings. The van der Waals surface area contributed by atoms with Crippen molar-refractivity contribution in [3.05, 3.63) is 108 Å². The van der Waals surface area contributed by atoms with E-state index in [0.717, 1.165) is 43.8 Å². The minimum absolute atomic E-state index is 0.112. The van der Waals surface area contributed by atoms with E-state index in [-0.39, 0.29) is 24.3 Å². The topological polar surface area (TPSA) is 112 Å². The Bertz CT molecular complexity index is 1530. The number of aromatic nitrogens is 4. The van der Waals surface area contributed by atoms with Crippen LogP contribution in [0.25, 0.3) is 0 Å². The van der Waals surface area contributed by atoms with Gasteiger partial charge in [0.15, 0.2) is 18.0 Å². The van der Waals surface area contributed by atoms with Gasteiger partial charge in [0.05, 0.1) is 6.04 Å². The van der Waals surface area contributed by atoms with Gasteiger partial charge in [0, 0.05) is 56.8 Å². The third-order valence-corrected chi connectivity index (χ3v) is 8.27. The average Bonchev–Trinajstić information content (AvgIpc) is 3.80. The van der Waals surface area contributed by atoms with Gasteiger partial charge in [-0.05, 0) is 49.3 Å². The number of nitrogens with one attached hydrogen (secondary N) is 2. The number of carbonyl (C=O) groups excluding carboxylic acids is 2. The van der Waals surface area contributed by atoms with E-state index >= 15 is 0 Å². The van der Waals surface area contributed by atoms with Crippen molar-refractivity contribution in [2.24, 2.45) is 0 Å². The zero-order valence-electron chi connectivity index (χ0n) is 24.4. The minimum atomic E-state index is -0.416. The lowest BCUT2D eigenvalue weighted by molar-refractivity contribution is 0.0936. The highest BCUT2D eigenvalue weighted by Crippen LogP contribution is 2.39. The monoisotopic (exact) mass is 582 g/mol. The molecule has 4 atom stereocenters. The Morgan fingerprint density at radius 1 is 0.791 bits per heavy atom. The van der Waals surface area contributed by atoms with E-state index in [1.54, 1.807) is 12.4 Å². The van der Waals surface area contributed by atoms with Gasteiger partial charge in [-0.2, -0.15) is 0 Å². The summed E-state index contributed by atoms with van der Waals surface area (Å²) < 4.78 is 15.5. The third kappa shape index (κ3) is 6.74. The van der Waals surface area contributed by atoms with E-state index < -0.39 is 12.2 Å². The summed E-state index contributed by atoms with van der Waals surface area (Å²) in [6, 6.07) is 19.1. The number of rotatable bonds is 11. The Morgan fingerprint density at radius 3 is 2.02 bits per heavy atom. The molecule has 0 spiro atoms. The van der Waals surface area contributed by atoms with E-state index in [1.807, 2.05) is 30.6 Å². The lowest BCUT2D eigenvalue weighted by Crippen LogP contribution is -2.27. The highest BCUT2D eigenvalue weighted by Gasteiger charge is 2.35. The molecule has 0 bridgehead atoms. The molecular formula is C33H38N6O4. The molecule has 2 aliphatic rings. The molecule has 224 valence electrons. The highest BCUT2D eigenvalue weighted by molar-refractivity contribution is 5.67. The van der Waals surface area contributed by atoms with Crippen molar-refractivity contribution in [3.8, 4) is 0 Å². The number of aryl methyl sites for hydroxylation is 2. The van der Waals surface area contributed by atoms with Gasteiger partial charge >= 0.3 is 12.2 Å². The Balaban J connectivity index is 0.879. The molecule has 0 radical (unpaired) electrons. The lowest BCUT2D eigenvalue weighted by atomic mass is 10.0. The van der Waals surface area contributed by atoms with Crippen molar-refractivity contribution in [3.63, 3.8) is 0 Å². The Morgan fingerprint density at radius 2 is 1.37 bits per heavy atom. The zero-order chi connectivity index (χ0) is 29.6. The van der Waals surface area contributed by atoms with Crippen LogP contribution in [0.5, 0.6) is 0 Å². The number of benzene rings is 2. The van der Waals surface area contributed by atoms with Gasteiger partial charge in [-0.25, -0.2) is 19.6 Å². The standard InChI is InChI=1S/C33H38N6O4/c1-23-20-28(30-34-16-18-38(23)30)42-32(40)36-14-6-10-24-8-5-9-25(21-24)11-7-15-37-33(41)43-29-22-27(26-12-3-2-4-13-26)39-19-17-35-31(29)39/h2-5,8-9,12-13,16-19,21,23,27-29H,6-7,10-11,14-15,20,22H2,1H3,(H,36,40)(H,37,41)/t23-,27+,28+,29+/m0/s1. The molecule has 4 heterocycles. The number of hydrogen-bond donors (Lipinski definition) is 2. The van der Waals surface area contributed by atoms with Crippen molar-refractivity contribution in [2.75, 3.05) is 13.1 Å². The number of imidazole rings is 2. The van der Waals surface area contributed by atoms with Crippen LogP contribution in [0.1, 0.15) is 85.2 Å². The van der Waals surface area contributed by atoms with Crippen LogP contribution in [-0.4, -0.2) is 44.4 Å². The van der Waals surface area contributed by atoms with E-state index in [2.05, 4.69) is 73.1 Å². The summed E-state index contributed by atoms with van der Waals surface area (Å²) in [5.74, 6) is 1.59. The van der Waals surface area contributed by atoms with Crippen LogP contribution in [0.15, 0.2) is 79.4 Å². The lowest BCUT2D eigenvalue weighted by Gasteiger charge is -2.14. The maximum absolute atomic E-state index is 12.6. The number of alkyl carbamates (subject to hydrolysis) is 2. The molecule has 10 heteroatoms. The Hall–Kier alpha value is -4.60. The highest BCUT2D eigenvalue weighted by atomic mass is 16.6. The Labute approximate surface area is 251 Å². The Kier molecular flexibility index (Phi) is 8.72. The van der Waals surface area contributed by atoms with E-state index in [0.29, 0.717) is 19.5 Å². The average molecular weight is 583 g/mol. The summed E-state index contributed by atoms with van der Waals surface area (Å²) in [5.41, 5.74) is 3.61. The summed E-state index contributed by atoms with van der Waals surface area (Å²) in [5, 5.41) is 5.77. The third-order valence-electron chi connectivity index (χ3n) is 8.27. The SMILES string of the molecule is C[C@H]1C[C@@H](OC(=O)NCCCc2cccc(CCCNC(=O)O[C@@H]3C[C@H](c4ccccc4)n4ccnc43)c2)c2nccn21. The molecule has 0 unspecified atom stereocenters. The van der Waals surface area contributed by atoms with E-state index in [9.17, 15) is 9.59 Å². The normalized spacial score (nSPS) is 20.3. The molecule has 43 heavy (non-hydrogen) atoms. The van der Waals surface area contributed by atoms with Crippen LogP contribution in [0.3, 0.4) is 0 Å². The molecular weight excluding hydrogens is 544 g/mol. The smallest absolute Gasteiger partial charge is 0.407 e. The predicted octanol–water partition coefficient (Wildman–Crippen LogP) is 5.84. The molecule has 0 saturated heterocycles. The van der Waals surface area contributed by atoms with Crippen LogP contribution >= 0.6 is 0 Å². The molecule has 6 rings (SSSR count). The first-order chi connectivity index (χ1) is 21.0. The molecule has 2 aromatic carbocycles. The first-order valence-electron chi connectivity index (χ1n) is 15.1. The number of carbonyl (C=O) groups is 2. The number of hydrogen-bond acceptors (Lipinski definition) is 6. The maximum Gasteiger partial charge on any atom is 0.407 e. The summed E-state index contributed by atoms with van der Waals surface area (Å²) in [4.78, 5) is 33.6. The minimum Gasteiger partial charge on any atom is -0.438 e. The second kappa shape index (κ2) is 13.1. The van der Waals surface area contributed by atoms with Gasteiger partial charge in [-0.1, -0.05) is 54.6 Å². The second-order valence-electron chi connectivity index (χ2n) is 11.3. The molecule has 10 nitrogen and oxygen atoms in total. The largest absolute Gasteiger partial charge is 0.438 e. The number of nitrogens with zero attached hydrogens (tertiary/aromatic N) is 4. The van der Waals surface area contributed by atoms with Gasteiger partial charge in [0.25, 0.3) is 0 Å². The van der Waals surface area contributed by atoms with Crippen LogP contribution in [-0.2, 0) is 22.3 Å². The number of ether oxygens (including phenoxy) is 2. The molecule has 2 aliphatic heterocycles. The van der Waals surface area contributed by atoms with Crippen molar-refractivity contribution >= 4 is 12.2 Å². The van der Waals surface area contributed by atoms with Crippen LogP contribution in [0.4, 0.5) is 9.59 Å². The van der Waals surface area contributed by atoms with Crippen molar-refractivity contribution in [1.82, 2.24) is 29.7 Å². The molecule has 4 aromatic rings. The molecule has 0 saturated carbocycles. The first-order valence-corrected chi connectivity index (χ1v) is 15.1. The van der Waals surface area contributed by atoms with Gasteiger partial charge in [-0.3, -0.25) is 0 Å². The molecule has 2 amide bonds. The number of amides is 2. The molecule has 2 N–H and O–H groups in total. The maximum atomic E-state index is 12.6. The van der Waals surface area contributed by atoms with Gasteiger partial charge in [-0.15, -0.1) is 0 Å². The fraction of sp³-hybridized carbons (Fsp3) is 0.394. The molecule has 0 aliphatic carbocycles. The number of fused-ring (bicyclic) bond motifs is 2. The van der Waals surface area contributed by atoms with Crippen LogP contribution in [0, 0.1) is 0 Å². The van der Waals surface area contributed by atoms with Crippen LogP contribution < -0.4 is 10.6 Å². The fourth-order valence-electron chi connectivity index (χ4n) is 6.16. The fourth-order valence-corrected chi connectivity index (χ4v) is 6.16. The summed E-state index contributed by atoms with van der Waals surface area (Å²) >= 11 is 0.